The monoisotopic (exact) mass is 428 g/mol. The van der Waals surface area contributed by atoms with Crippen LogP contribution < -0.4 is 15.2 Å². The number of nitrogens with zero attached hydrogens (tertiary/aromatic N) is 3. The van der Waals surface area contributed by atoms with Crippen LogP contribution in [0.2, 0.25) is 5.02 Å². The number of aromatic hydroxyl groups is 1. The summed E-state index contributed by atoms with van der Waals surface area (Å²) in [6.07, 6.45) is 8.99. The first-order chi connectivity index (χ1) is 15.1. The summed E-state index contributed by atoms with van der Waals surface area (Å²) in [6, 6.07) is 13.4. The van der Waals surface area contributed by atoms with E-state index in [4.69, 9.17) is 16.3 Å². The second-order valence-corrected chi connectivity index (χ2v) is 7.44. The molecule has 0 radical (unpaired) electrons. The summed E-state index contributed by atoms with van der Waals surface area (Å²) in [4.78, 5) is 6.98. The molecule has 2 N–H and O–H groups in total. The minimum absolute atomic E-state index is 0.106. The molecule has 31 heavy (non-hydrogen) atoms. The van der Waals surface area contributed by atoms with E-state index in [1.165, 1.54) is 0 Å². The van der Waals surface area contributed by atoms with E-state index < -0.39 is 0 Å². The fourth-order valence-corrected chi connectivity index (χ4v) is 3.71. The molecular weight excluding hydrogens is 412 g/mol. The molecule has 0 aliphatic carbocycles. The predicted molar refractivity (Wildman–Crippen MR) is 122 cm³/mol. The smallest absolute Gasteiger partial charge is 0.196 e. The van der Waals surface area contributed by atoms with Gasteiger partial charge in [-0.25, -0.2) is 0 Å². The quantitative estimate of drug-likeness (QED) is 0.495. The van der Waals surface area contributed by atoms with E-state index in [2.05, 4.69) is 20.2 Å². The van der Waals surface area contributed by atoms with Gasteiger partial charge in [-0.2, -0.15) is 0 Å². The van der Waals surface area contributed by atoms with Crippen molar-refractivity contribution in [2.45, 2.75) is 0 Å². The van der Waals surface area contributed by atoms with Gasteiger partial charge in [0, 0.05) is 34.1 Å². The molecule has 0 saturated heterocycles. The van der Waals surface area contributed by atoms with Crippen LogP contribution in [0.25, 0.3) is 28.8 Å². The van der Waals surface area contributed by atoms with Crippen LogP contribution in [-0.2, 0) is 0 Å². The van der Waals surface area contributed by atoms with Gasteiger partial charge in [0.15, 0.2) is 5.88 Å². The zero-order valence-corrected chi connectivity index (χ0v) is 17.3. The van der Waals surface area contributed by atoms with E-state index in [1.807, 2.05) is 60.7 Å². The topological polar surface area (TPSA) is 82.9 Å². The lowest BCUT2D eigenvalue weighted by Crippen LogP contribution is -2.08. The number of aromatic nitrogens is 2. The third kappa shape index (κ3) is 3.58. The highest BCUT2D eigenvalue weighted by Crippen LogP contribution is 2.30. The number of hydrogen-bond acceptors (Lipinski definition) is 5. The lowest BCUT2D eigenvalue weighted by Gasteiger charge is -1.99. The molecular formula is C24H17ClN4O2. The summed E-state index contributed by atoms with van der Waals surface area (Å²) in [5, 5.41) is 22.3. The Morgan fingerprint density at radius 3 is 2.81 bits per heavy atom. The number of rotatable bonds is 4. The third-order valence-electron chi connectivity index (χ3n) is 5.12. The van der Waals surface area contributed by atoms with Crippen molar-refractivity contribution in [2.24, 2.45) is 10.2 Å². The van der Waals surface area contributed by atoms with Gasteiger partial charge in [0.25, 0.3) is 0 Å². The minimum Gasteiger partial charge on any atom is -0.497 e. The first-order valence-electron chi connectivity index (χ1n) is 9.56. The summed E-state index contributed by atoms with van der Waals surface area (Å²) in [5.41, 5.74) is 3.92. The predicted octanol–water partition coefficient (Wildman–Crippen LogP) is 4.68. The third-order valence-corrected chi connectivity index (χ3v) is 5.44. The summed E-state index contributed by atoms with van der Waals surface area (Å²) < 4.78 is 5.31. The van der Waals surface area contributed by atoms with Crippen LogP contribution in [0, 0.1) is 0 Å². The molecule has 6 nitrogen and oxygen atoms in total. The summed E-state index contributed by atoms with van der Waals surface area (Å²) in [5.74, 6) is 0.832. The molecule has 2 aromatic heterocycles. The van der Waals surface area contributed by atoms with Crippen molar-refractivity contribution < 1.29 is 9.84 Å². The number of ether oxygens (including phenoxy) is 1. The highest BCUT2D eigenvalue weighted by Gasteiger charge is 2.11. The second kappa shape index (κ2) is 7.74. The van der Waals surface area contributed by atoms with E-state index in [-0.39, 0.29) is 5.88 Å². The van der Waals surface area contributed by atoms with Crippen LogP contribution in [0.4, 0.5) is 5.69 Å². The number of hydrogen-bond donors (Lipinski definition) is 2. The molecule has 0 spiro atoms. The van der Waals surface area contributed by atoms with Crippen molar-refractivity contribution in [2.75, 3.05) is 7.11 Å². The number of H-pyrrole nitrogens is 1. The highest BCUT2D eigenvalue weighted by atomic mass is 35.5. The van der Waals surface area contributed by atoms with Gasteiger partial charge in [-0.15, -0.1) is 10.2 Å². The van der Waals surface area contributed by atoms with Crippen LogP contribution in [0.15, 0.2) is 71.2 Å². The van der Waals surface area contributed by atoms with E-state index in [1.54, 1.807) is 19.5 Å². The van der Waals surface area contributed by atoms with E-state index in [0.717, 1.165) is 44.0 Å². The first kappa shape index (κ1) is 19.1. The van der Waals surface area contributed by atoms with E-state index in [0.29, 0.717) is 10.6 Å². The van der Waals surface area contributed by atoms with Crippen LogP contribution >= 0.6 is 11.6 Å². The number of nitrogens with one attached hydrogen (secondary N) is 1. The number of aromatic amines is 1. The summed E-state index contributed by atoms with van der Waals surface area (Å²) >= 11 is 6.16. The van der Waals surface area contributed by atoms with Gasteiger partial charge in [0.1, 0.15) is 5.75 Å². The number of pyridine rings is 1. The zero-order chi connectivity index (χ0) is 21.4. The maximum absolute atomic E-state index is 10.4. The molecule has 4 aromatic rings. The Bertz CT molecular complexity index is 1500. The summed E-state index contributed by atoms with van der Waals surface area (Å²) in [6.45, 7) is 0. The average Bonchev–Trinajstić information content (AvgIpc) is 3.33. The number of methoxy groups -OCH3 is 1. The Morgan fingerprint density at radius 1 is 1.06 bits per heavy atom. The molecule has 152 valence electrons. The lowest BCUT2D eigenvalue weighted by atomic mass is 10.1. The van der Waals surface area contributed by atoms with Gasteiger partial charge in [0.2, 0.25) is 0 Å². The van der Waals surface area contributed by atoms with Gasteiger partial charge in [-0.1, -0.05) is 23.7 Å². The Labute approximate surface area is 182 Å². The van der Waals surface area contributed by atoms with Gasteiger partial charge in [-0.3, -0.25) is 4.98 Å². The van der Waals surface area contributed by atoms with E-state index >= 15 is 0 Å². The maximum atomic E-state index is 10.4. The van der Waals surface area contributed by atoms with Crippen molar-refractivity contribution in [1.82, 2.24) is 9.97 Å². The standard InChI is InChI=1S/C24H17ClN4O2/c1-31-16-4-7-21-18(12-16)19(24(30)27-21)10-14-2-5-17-22(28-29-23(17)11-14)6-3-15-8-9-26-13-20(15)25/h2-13,27,30H,1H3/b6-3+,14-10+. The fraction of sp³-hybridized carbons (Fsp3) is 0.0417. The van der Waals surface area contributed by atoms with Crippen molar-refractivity contribution in [3.8, 4) is 11.6 Å². The molecule has 3 heterocycles. The Balaban J connectivity index is 1.56. The largest absolute Gasteiger partial charge is 0.497 e. The van der Waals surface area contributed by atoms with Crippen molar-refractivity contribution >= 4 is 46.0 Å². The van der Waals surface area contributed by atoms with Crippen LogP contribution in [0.5, 0.6) is 11.6 Å². The second-order valence-electron chi connectivity index (χ2n) is 7.04. The number of benzene rings is 2. The minimum atomic E-state index is 0.106. The SMILES string of the molecule is COc1ccc2[nH]c(O)c(/C=c3\ccc4c(c3)N=NC=4/C=C/c3ccncc3Cl)c2c1. The molecule has 0 atom stereocenters. The molecule has 0 fully saturated rings. The number of halogens is 1. The Kier molecular flexibility index (Phi) is 4.76. The van der Waals surface area contributed by atoms with E-state index in [9.17, 15) is 5.11 Å². The maximum Gasteiger partial charge on any atom is 0.196 e. The molecule has 2 aromatic carbocycles. The molecule has 0 saturated carbocycles. The van der Waals surface area contributed by atoms with Gasteiger partial charge in [-0.05, 0) is 59.3 Å². The molecule has 1 aliphatic heterocycles. The number of azo groups is 1. The molecule has 0 bridgehead atoms. The van der Waals surface area contributed by atoms with Gasteiger partial charge in [0.05, 0.1) is 23.5 Å². The molecule has 0 amide bonds. The Morgan fingerprint density at radius 2 is 1.97 bits per heavy atom. The first-order valence-corrected chi connectivity index (χ1v) is 9.94. The Hall–Kier alpha value is -3.90. The number of fused-ring (bicyclic) bond motifs is 2. The normalized spacial score (nSPS) is 13.5. The van der Waals surface area contributed by atoms with Crippen LogP contribution in [0.1, 0.15) is 11.1 Å². The molecule has 7 heteroatoms. The average molecular weight is 429 g/mol. The zero-order valence-electron chi connectivity index (χ0n) is 16.5. The van der Waals surface area contributed by atoms with Crippen LogP contribution in [-0.4, -0.2) is 22.2 Å². The molecule has 0 unspecified atom stereocenters. The highest BCUT2D eigenvalue weighted by molar-refractivity contribution is 6.31. The van der Waals surface area contributed by atoms with Gasteiger partial charge < -0.3 is 14.8 Å². The fourth-order valence-electron chi connectivity index (χ4n) is 3.53. The summed E-state index contributed by atoms with van der Waals surface area (Å²) in [7, 11) is 1.62. The van der Waals surface area contributed by atoms with Crippen molar-refractivity contribution in [3.63, 3.8) is 0 Å². The molecule has 5 rings (SSSR count). The van der Waals surface area contributed by atoms with Crippen molar-refractivity contribution in [1.29, 1.82) is 0 Å². The van der Waals surface area contributed by atoms with Crippen molar-refractivity contribution in [3.05, 3.63) is 87.5 Å². The van der Waals surface area contributed by atoms with Crippen LogP contribution in [0.3, 0.4) is 0 Å². The van der Waals surface area contributed by atoms with Gasteiger partial charge >= 0.3 is 0 Å². The lowest BCUT2D eigenvalue weighted by molar-refractivity contribution is 0.415. The molecule has 1 aliphatic rings.